The molecule has 12 heteroatoms. The van der Waals surface area contributed by atoms with Crippen LogP contribution in [0.25, 0.3) is 6.08 Å². The number of hydrogen-bond donors (Lipinski definition) is 1. The van der Waals surface area contributed by atoms with Gasteiger partial charge < -0.3 is 19.5 Å². The van der Waals surface area contributed by atoms with Crippen LogP contribution in [0.4, 0.5) is 11.4 Å². The van der Waals surface area contributed by atoms with Crippen molar-refractivity contribution in [3.8, 4) is 23.3 Å². The first-order valence-electron chi connectivity index (χ1n) is 13.1. The van der Waals surface area contributed by atoms with Gasteiger partial charge in [-0.05, 0) is 101 Å². The molecule has 1 N–H and O–H groups in total. The van der Waals surface area contributed by atoms with Crippen molar-refractivity contribution in [3.05, 3.63) is 126 Å². The third kappa shape index (κ3) is 8.74. The lowest BCUT2D eigenvalue weighted by atomic mass is 10.1. The summed E-state index contributed by atoms with van der Waals surface area (Å²) in [6, 6.07) is 23.2. The van der Waals surface area contributed by atoms with Crippen molar-refractivity contribution in [1.29, 1.82) is 5.26 Å². The quantitative estimate of drug-likeness (QED) is 0.0680. The molecule has 0 heterocycles. The molecule has 4 aromatic carbocycles. The number of nitriles is 1. The fraction of sp³-hybridized carbons (Fsp3) is 0.125. The zero-order valence-electron chi connectivity index (χ0n) is 23.2. The second kappa shape index (κ2) is 15.3. The van der Waals surface area contributed by atoms with Crippen LogP contribution in [-0.4, -0.2) is 17.4 Å². The summed E-state index contributed by atoms with van der Waals surface area (Å²) in [5.41, 5.74) is 2.36. The minimum absolute atomic E-state index is 0.0135. The highest BCUT2D eigenvalue weighted by molar-refractivity contribution is 9.10. The molecule has 0 unspecified atom stereocenters. The molecule has 0 fully saturated rings. The Kier molecular flexibility index (Phi) is 11.2. The number of anilines is 1. The van der Waals surface area contributed by atoms with Gasteiger partial charge in [0.2, 0.25) is 0 Å². The van der Waals surface area contributed by atoms with E-state index in [-0.39, 0.29) is 24.5 Å². The van der Waals surface area contributed by atoms with E-state index in [9.17, 15) is 20.2 Å². The number of nitro groups is 1. The molecule has 224 valence electrons. The second-order valence-corrected chi connectivity index (χ2v) is 10.8. The Hall–Kier alpha value is -4.56. The number of rotatable bonds is 12. The first-order chi connectivity index (χ1) is 21.2. The summed E-state index contributed by atoms with van der Waals surface area (Å²) in [5, 5.41) is 24.4. The van der Waals surface area contributed by atoms with Crippen LogP contribution in [-0.2, 0) is 18.0 Å². The molecule has 44 heavy (non-hydrogen) atoms. The van der Waals surface area contributed by atoms with Gasteiger partial charge in [-0.15, -0.1) is 0 Å². The fourth-order valence-electron chi connectivity index (χ4n) is 3.89. The van der Waals surface area contributed by atoms with Crippen LogP contribution in [0.1, 0.15) is 23.6 Å². The van der Waals surface area contributed by atoms with Gasteiger partial charge in [-0.2, -0.15) is 5.26 Å². The first kappa shape index (κ1) is 32.4. The molecule has 4 aromatic rings. The zero-order chi connectivity index (χ0) is 31.6. The number of nitrogens with zero attached hydrogens (tertiary/aromatic N) is 2. The minimum Gasteiger partial charge on any atom is -0.490 e. The summed E-state index contributed by atoms with van der Waals surface area (Å²) in [4.78, 5) is 23.4. The van der Waals surface area contributed by atoms with Gasteiger partial charge in [-0.3, -0.25) is 14.9 Å². The standard InChI is InChI=1S/C32H24BrCl2N3O6/c1-2-42-30-15-21(14-28(33)31(30)44-18-20-3-9-26(10-4-20)38(40)41)13-23(17-36)32(39)37-25-7-11-27(12-8-25)43-19-22-5-6-24(34)16-29(22)35/h3-16H,2,18-19H2,1H3,(H,37,39)/b23-13+. The van der Waals surface area contributed by atoms with Crippen LogP contribution in [0.15, 0.2) is 88.9 Å². The fourth-order valence-corrected chi connectivity index (χ4v) is 4.93. The Labute approximate surface area is 271 Å². The number of amides is 1. The Morgan fingerprint density at radius 3 is 2.36 bits per heavy atom. The molecular weight excluding hydrogens is 673 g/mol. The predicted molar refractivity (Wildman–Crippen MR) is 172 cm³/mol. The molecule has 0 spiro atoms. The number of carbonyl (C=O) groups excluding carboxylic acids is 1. The van der Waals surface area contributed by atoms with Crippen molar-refractivity contribution in [3.63, 3.8) is 0 Å². The summed E-state index contributed by atoms with van der Waals surface area (Å²) < 4.78 is 18.0. The molecular formula is C32H24BrCl2N3O6. The summed E-state index contributed by atoms with van der Waals surface area (Å²) >= 11 is 15.6. The van der Waals surface area contributed by atoms with Crippen LogP contribution in [0.3, 0.4) is 0 Å². The lowest BCUT2D eigenvalue weighted by Crippen LogP contribution is -2.13. The normalized spacial score (nSPS) is 10.9. The number of halogens is 3. The molecule has 0 aromatic heterocycles. The van der Waals surface area contributed by atoms with E-state index in [2.05, 4.69) is 21.2 Å². The van der Waals surface area contributed by atoms with Crippen molar-refractivity contribution in [2.45, 2.75) is 20.1 Å². The molecule has 0 aliphatic heterocycles. The highest BCUT2D eigenvalue weighted by Gasteiger charge is 2.15. The maximum absolute atomic E-state index is 12.9. The highest BCUT2D eigenvalue weighted by atomic mass is 79.9. The van der Waals surface area contributed by atoms with Crippen molar-refractivity contribution in [2.75, 3.05) is 11.9 Å². The third-order valence-electron chi connectivity index (χ3n) is 6.06. The first-order valence-corrected chi connectivity index (χ1v) is 14.6. The summed E-state index contributed by atoms with van der Waals surface area (Å²) in [5.74, 6) is 0.769. The number of nitro benzene ring substituents is 1. The maximum Gasteiger partial charge on any atom is 0.269 e. The van der Waals surface area contributed by atoms with Crippen LogP contribution in [0.2, 0.25) is 10.0 Å². The van der Waals surface area contributed by atoms with Crippen molar-refractivity contribution in [1.82, 2.24) is 0 Å². The predicted octanol–water partition coefficient (Wildman–Crippen LogP) is 8.77. The van der Waals surface area contributed by atoms with Crippen molar-refractivity contribution in [2.24, 2.45) is 0 Å². The third-order valence-corrected chi connectivity index (χ3v) is 7.24. The SMILES string of the molecule is CCOc1cc(/C=C(\C#N)C(=O)Nc2ccc(OCc3ccc(Cl)cc3Cl)cc2)cc(Br)c1OCc1ccc([N+](=O)[O-])cc1. The summed E-state index contributed by atoms with van der Waals surface area (Å²) in [6.45, 7) is 2.53. The maximum atomic E-state index is 12.9. The van der Waals surface area contributed by atoms with Crippen LogP contribution >= 0.6 is 39.1 Å². The second-order valence-electron chi connectivity index (χ2n) is 9.15. The van der Waals surface area contributed by atoms with Gasteiger partial charge in [0.05, 0.1) is 16.0 Å². The molecule has 0 atom stereocenters. The monoisotopic (exact) mass is 695 g/mol. The molecule has 0 radical (unpaired) electrons. The number of carbonyl (C=O) groups is 1. The lowest BCUT2D eigenvalue weighted by molar-refractivity contribution is -0.384. The molecule has 0 aliphatic rings. The van der Waals surface area contributed by atoms with Crippen molar-refractivity contribution >= 4 is 62.5 Å². The average molecular weight is 697 g/mol. The molecule has 0 saturated carbocycles. The molecule has 1 amide bonds. The number of hydrogen-bond acceptors (Lipinski definition) is 7. The van der Waals surface area contributed by atoms with Crippen LogP contribution in [0, 0.1) is 21.4 Å². The van der Waals surface area contributed by atoms with Crippen molar-refractivity contribution < 1.29 is 23.9 Å². The van der Waals surface area contributed by atoms with Gasteiger partial charge in [0.15, 0.2) is 11.5 Å². The smallest absolute Gasteiger partial charge is 0.269 e. The minimum atomic E-state index is -0.596. The van der Waals surface area contributed by atoms with E-state index in [1.54, 1.807) is 66.7 Å². The Morgan fingerprint density at radius 1 is 1.00 bits per heavy atom. The molecule has 9 nitrogen and oxygen atoms in total. The lowest BCUT2D eigenvalue weighted by Gasteiger charge is -2.15. The van der Waals surface area contributed by atoms with Gasteiger partial charge in [-0.1, -0.05) is 29.3 Å². The van der Waals surface area contributed by atoms with E-state index in [1.165, 1.54) is 18.2 Å². The summed E-state index contributed by atoms with van der Waals surface area (Å²) in [7, 11) is 0. The van der Waals surface area contributed by atoms with Crippen LogP contribution < -0.4 is 19.5 Å². The van der Waals surface area contributed by atoms with Gasteiger partial charge in [0, 0.05) is 33.4 Å². The van der Waals surface area contributed by atoms with E-state index in [1.807, 2.05) is 13.0 Å². The number of nitrogens with one attached hydrogen (secondary N) is 1. The largest absolute Gasteiger partial charge is 0.490 e. The van der Waals surface area contributed by atoms with E-state index in [0.717, 1.165) is 11.1 Å². The van der Waals surface area contributed by atoms with Gasteiger partial charge >= 0.3 is 0 Å². The Morgan fingerprint density at radius 2 is 1.73 bits per heavy atom. The van der Waals surface area contributed by atoms with Crippen LogP contribution in [0.5, 0.6) is 17.2 Å². The summed E-state index contributed by atoms with van der Waals surface area (Å²) in [6.07, 6.45) is 1.44. The van der Waals surface area contributed by atoms with E-state index in [4.69, 9.17) is 37.4 Å². The topological polar surface area (TPSA) is 124 Å². The molecule has 0 bridgehead atoms. The number of non-ortho nitro benzene ring substituents is 1. The van der Waals surface area contributed by atoms with E-state index >= 15 is 0 Å². The Balaban J connectivity index is 1.43. The van der Waals surface area contributed by atoms with Gasteiger partial charge in [0.25, 0.3) is 11.6 Å². The average Bonchev–Trinajstić information content (AvgIpc) is 3.00. The van der Waals surface area contributed by atoms with E-state index in [0.29, 0.717) is 49.6 Å². The zero-order valence-corrected chi connectivity index (χ0v) is 26.3. The molecule has 0 saturated heterocycles. The van der Waals surface area contributed by atoms with Gasteiger partial charge in [-0.25, -0.2) is 0 Å². The molecule has 4 rings (SSSR count). The highest BCUT2D eigenvalue weighted by Crippen LogP contribution is 2.38. The number of ether oxygens (including phenoxy) is 3. The molecule has 0 aliphatic carbocycles. The van der Waals surface area contributed by atoms with E-state index < -0.39 is 10.8 Å². The van der Waals surface area contributed by atoms with Gasteiger partial charge in [0.1, 0.15) is 30.6 Å². The Bertz CT molecular complexity index is 1740. The number of benzene rings is 4.